The number of likely N-dealkylation sites (tertiary alicyclic amines) is 1. The van der Waals surface area contributed by atoms with Crippen molar-refractivity contribution in [2.75, 3.05) is 13.1 Å². The number of hydrogen-bond acceptors (Lipinski definition) is 4. The van der Waals surface area contributed by atoms with Gasteiger partial charge in [-0.1, -0.05) is 6.08 Å². The molecular formula is C16H21N3OS. The summed E-state index contributed by atoms with van der Waals surface area (Å²) in [6.45, 7) is 6.17. The smallest absolute Gasteiger partial charge is 0.220 e. The van der Waals surface area contributed by atoms with Crippen LogP contribution in [-0.2, 0) is 4.79 Å². The largest absolute Gasteiger partial charge is 0.369 e. The molecule has 1 fully saturated rings. The number of fused-ring (bicyclic) bond motifs is 1. The lowest BCUT2D eigenvalue weighted by molar-refractivity contribution is -0.123. The highest BCUT2D eigenvalue weighted by Crippen LogP contribution is 2.43. The molecule has 1 amide bonds. The molecule has 112 valence electrons. The SMILES string of the molecule is Cc1sc2c(c1C)C(N1CCC(C(N)=O)CC1)C=CC=N2. The number of rotatable bonds is 2. The van der Waals surface area contributed by atoms with E-state index in [9.17, 15) is 4.79 Å². The van der Waals surface area contributed by atoms with Crippen molar-refractivity contribution in [3.05, 3.63) is 28.2 Å². The Balaban J connectivity index is 1.86. The van der Waals surface area contributed by atoms with Crippen LogP contribution in [0.2, 0.25) is 0 Å². The second-order valence-electron chi connectivity index (χ2n) is 5.82. The van der Waals surface area contributed by atoms with Crippen molar-refractivity contribution < 1.29 is 4.79 Å². The number of carbonyl (C=O) groups excluding carboxylic acids is 1. The Morgan fingerprint density at radius 2 is 2.10 bits per heavy atom. The van der Waals surface area contributed by atoms with E-state index in [-0.39, 0.29) is 17.9 Å². The normalized spacial score (nSPS) is 23.0. The van der Waals surface area contributed by atoms with Crippen LogP contribution < -0.4 is 5.73 Å². The summed E-state index contributed by atoms with van der Waals surface area (Å²) in [4.78, 5) is 19.7. The minimum Gasteiger partial charge on any atom is -0.369 e. The fourth-order valence-corrected chi connectivity index (χ4v) is 4.25. The van der Waals surface area contributed by atoms with Gasteiger partial charge in [0.2, 0.25) is 5.91 Å². The van der Waals surface area contributed by atoms with Crippen molar-refractivity contribution in [3.63, 3.8) is 0 Å². The van der Waals surface area contributed by atoms with Gasteiger partial charge in [-0.15, -0.1) is 11.3 Å². The van der Waals surface area contributed by atoms with Gasteiger partial charge >= 0.3 is 0 Å². The molecule has 1 aromatic heterocycles. The van der Waals surface area contributed by atoms with Gasteiger partial charge in [0.25, 0.3) is 0 Å². The van der Waals surface area contributed by atoms with Crippen LogP contribution >= 0.6 is 11.3 Å². The molecule has 0 radical (unpaired) electrons. The van der Waals surface area contributed by atoms with Crippen LogP contribution in [0.3, 0.4) is 0 Å². The van der Waals surface area contributed by atoms with Crippen molar-refractivity contribution in [2.45, 2.75) is 32.7 Å². The van der Waals surface area contributed by atoms with Gasteiger partial charge in [-0.25, -0.2) is 4.99 Å². The summed E-state index contributed by atoms with van der Waals surface area (Å²) in [5, 5.41) is 1.12. The minimum atomic E-state index is -0.155. The molecule has 1 aromatic rings. The first-order valence-electron chi connectivity index (χ1n) is 7.42. The number of nitrogens with two attached hydrogens (primary N) is 1. The highest BCUT2D eigenvalue weighted by atomic mass is 32.1. The monoisotopic (exact) mass is 303 g/mol. The zero-order chi connectivity index (χ0) is 15.0. The van der Waals surface area contributed by atoms with Gasteiger partial charge in [0, 0.05) is 22.6 Å². The first-order chi connectivity index (χ1) is 10.1. The molecule has 0 aromatic carbocycles. The summed E-state index contributed by atoms with van der Waals surface area (Å²) in [6, 6.07) is 0.265. The maximum atomic E-state index is 11.3. The second kappa shape index (κ2) is 5.73. The maximum absolute atomic E-state index is 11.3. The molecule has 2 aliphatic heterocycles. The van der Waals surface area contributed by atoms with E-state index in [1.807, 2.05) is 12.3 Å². The quantitative estimate of drug-likeness (QED) is 0.913. The molecule has 0 aliphatic carbocycles. The van der Waals surface area contributed by atoms with Gasteiger partial charge in [-0.3, -0.25) is 9.69 Å². The predicted molar refractivity (Wildman–Crippen MR) is 87.3 cm³/mol. The number of aliphatic imine (C=N–C) groups is 1. The Kier molecular flexibility index (Phi) is 3.95. The van der Waals surface area contributed by atoms with Gasteiger partial charge in [0.15, 0.2) is 0 Å². The van der Waals surface area contributed by atoms with Crippen LogP contribution in [-0.4, -0.2) is 30.1 Å². The number of nitrogens with zero attached hydrogens (tertiary/aromatic N) is 2. The molecular weight excluding hydrogens is 282 g/mol. The maximum Gasteiger partial charge on any atom is 0.220 e. The summed E-state index contributed by atoms with van der Waals surface area (Å²) in [7, 11) is 0. The van der Waals surface area contributed by atoms with E-state index in [0.717, 1.165) is 30.9 Å². The fraction of sp³-hybridized carbons (Fsp3) is 0.500. The second-order valence-corrected chi connectivity index (χ2v) is 7.03. The van der Waals surface area contributed by atoms with Gasteiger partial charge in [-0.2, -0.15) is 0 Å². The summed E-state index contributed by atoms with van der Waals surface area (Å²) in [5.74, 6) is -0.116. The van der Waals surface area contributed by atoms with E-state index in [1.54, 1.807) is 11.3 Å². The zero-order valence-electron chi connectivity index (χ0n) is 12.5. The van der Waals surface area contributed by atoms with E-state index in [4.69, 9.17) is 5.73 Å². The van der Waals surface area contributed by atoms with Crippen LogP contribution in [0, 0.1) is 19.8 Å². The highest BCUT2D eigenvalue weighted by Gasteiger charge is 2.30. The zero-order valence-corrected chi connectivity index (χ0v) is 13.3. The lowest BCUT2D eigenvalue weighted by Gasteiger charge is -2.35. The molecule has 3 heterocycles. The van der Waals surface area contributed by atoms with Crippen LogP contribution in [0.15, 0.2) is 17.1 Å². The Bertz CT molecular complexity index is 609. The molecule has 21 heavy (non-hydrogen) atoms. The number of piperidine rings is 1. The average molecular weight is 303 g/mol. The van der Waals surface area contributed by atoms with E-state index in [2.05, 4.69) is 29.8 Å². The highest BCUT2D eigenvalue weighted by molar-refractivity contribution is 7.16. The predicted octanol–water partition coefficient (Wildman–Crippen LogP) is 2.88. The number of carbonyl (C=O) groups is 1. The summed E-state index contributed by atoms with van der Waals surface area (Å²) < 4.78 is 0. The standard InChI is InChI=1S/C16H21N3OS/c1-10-11(2)21-16-14(10)13(4-3-7-18-16)19-8-5-12(6-9-19)15(17)20/h3-4,7,12-13H,5-6,8-9H2,1-2H3,(H2,17,20). The molecule has 1 atom stereocenters. The van der Waals surface area contributed by atoms with Crippen molar-refractivity contribution in [1.82, 2.24) is 4.90 Å². The molecule has 2 aliphatic rings. The van der Waals surface area contributed by atoms with Gasteiger partial charge in [-0.05, 0) is 51.4 Å². The van der Waals surface area contributed by atoms with E-state index in [1.165, 1.54) is 16.0 Å². The van der Waals surface area contributed by atoms with Crippen molar-refractivity contribution >= 4 is 28.5 Å². The topological polar surface area (TPSA) is 58.7 Å². The molecule has 5 heteroatoms. The number of hydrogen-bond donors (Lipinski definition) is 1. The number of aryl methyl sites for hydroxylation is 1. The minimum absolute atomic E-state index is 0.0389. The van der Waals surface area contributed by atoms with Crippen LogP contribution in [0.1, 0.15) is 34.9 Å². The van der Waals surface area contributed by atoms with Gasteiger partial charge in [0.05, 0.1) is 6.04 Å². The molecule has 4 nitrogen and oxygen atoms in total. The van der Waals surface area contributed by atoms with Crippen molar-refractivity contribution in [3.8, 4) is 0 Å². The third-order valence-electron chi connectivity index (χ3n) is 4.60. The molecule has 0 spiro atoms. The average Bonchev–Trinajstić information content (AvgIpc) is 2.65. The molecule has 3 rings (SSSR count). The lowest BCUT2D eigenvalue weighted by Crippen LogP contribution is -2.40. The number of allylic oxidation sites excluding steroid dienone is 1. The van der Waals surface area contributed by atoms with Gasteiger partial charge < -0.3 is 5.73 Å². The summed E-state index contributed by atoms with van der Waals surface area (Å²) in [5.41, 5.74) is 8.11. The molecule has 0 saturated carbocycles. The Hall–Kier alpha value is -1.46. The van der Waals surface area contributed by atoms with Crippen molar-refractivity contribution in [2.24, 2.45) is 16.6 Å². The lowest BCUT2D eigenvalue weighted by atomic mass is 9.93. The Morgan fingerprint density at radius 3 is 2.76 bits per heavy atom. The van der Waals surface area contributed by atoms with E-state index >= 15 is 0 Å². The first kappa shape index (κ1) is 14.5. The Morgan fingerprint density at radius 1 is 1.38 bits per heavy atom. The Labute approximate surface area is 129 Å². The van der Waals surface area contributed by atoms with Crippen LogP contribution in [0.5, 0.6) is 0 Å². The molecule has 1 saturated heterocycles. The summed E-state index contributed by atoms with van der Waals surface area (Å²) >= 11 is 1.76. The number of thiophene rings is 1. The van der Waals surface area contributed by atoms with Gasteiger partial charge in [0.1, 0.15) is 5.00 Å². The summed E-state index contributed by atoms with van der Waals surface area (Å²) in [6.07, 6.45) is 7.85. The third-order valence-corrected chi connectivity index (χ3v) is 5.74. The molecule has 0 bridgehead atoms. The number of primary amides is 1. The van der Waals surface area contributed by atoms with Crippen LogP contribution in [0.4, 0.5) is 5.00 Å². The fourth-order valence-electron chi connectivity index (χ4n) is 3.20. The number of amides is 1. The molecule has 2 N–H and O–H groups in total. The van der Waals surface area contributed by atoms with Crippen molar-refractivity contribution in [1.29, 1.82) is 0 Å². The van der Waals surface area contributed by atoms with E-state index < -0.39 is 0 Å². The van der Waals surface area contributed by atoms with Crippen LogP contribution in [0.25, 0.3) is 0 Å². The first-order valence-corrected chi connectivity index (χ1v) is 8.23. The third kappa shape index (κ3) is 2.68. The van der Waals surface area contributed by atoms with E-state index in [0.29, 0.717) is 0 Å². The molecule has 1 unspecified atom stereocenters.